The molecule has 1 fully saturated rings. The molecular weight excluding hydrogens is 460 g/mol. The Morgan fingerprint density at radius 2 is 1.71 bits per heavy atom. The lowest BCUT2D eigenvalue weighted by molar-refractivity contribution is -0.115. The fraction of sp³-hybridized carbons (Fsp3) is 0.0741. The molecule has 1 N–H and O–H groups in total. The summed E-state index contributed by atoms with van der Waals surface area (Å²) in [4.78, 5) is 17.9. The monoisotopic (exact) mass is 482 g/mol. The third-order valence-corrected chi connectivity index (χ3v) is 6.27. The minimum Gasteiger partial charge on any atom is -0.497 e. The number of amidine groups is 1. The van der Waals surface area contributed by atoms with Crippen LogP contribution in [0.4, 0.5) is 5.69 Å². The summed E-state index contributed by atoms with van der Waals surface area (Å²) in [5.41, 5.74) is 4.12. The molecule has 0 saturated carbocycles. The smallest absolute Gasteiger partial charge is 0.264 e. The van der Waals surface area contributed by atoms with Crippen LogP contribution in [-0.4, -0.2) is 35.1 Å². The molecule has 4 aromatic rings. The molecule has 1 amide bonds. The van der Waals surface area contributed by atoms with Crippen molar-refractivity contribution in [2.45, 2.75) is 0 Å². The van der Waals surface area contributed by atoms with Gasteiger partial charge in [-0.1, -0.05) is 48.5 Å². The molecule has 0 radical (unpaired) electrons. The van der Waals surface area contributed by atoms with E-state index in [1.54, 1.807) is 32.4 Å². The Balaban J connectivity index is 1.50. The van der Waals surface area contributed by atoms with Crippen LogP contribution < -0.4 is 14.8 Å². The number of hydrogen-bond acceptors (Lipinski definition) is 6. The Kier molecular flexibility index (Phi) is 6.36. The van der Waals surface area contributed by atoms with Crippen molar-refractivity contribution < 1.29 is 14.3 Å². The molecule has 0 atom stereocenters. The van der Waals surface area contributed by atoms with Crippen LogP contribution in [0, 0.1) is 0 Å². The van der Waals surface area contributed by atoms with Gasteiger partial charge in [0.15, 0.2) is 5.17 Å². The number of aliphatic imine (C=N–C) groups is 1. The molecule has 8 heteroatoms. The van der Waals surface area contributed by atoms with E-state index in [4.69, 9.17) is 14.6 Å². The van der Waals surface area contributed by atoms with Gasteiger partial charge in [0.25, 0.3) is 5.91 Å². The Bertz CT molecular complexity index is 1430. The molecule has 1 aliphatic heterocycles. The average Bonchev–Trinajstić information content (AvgIpc) is 3.48. The molecule has 5 rings (SSSR count). The van der Waals surface area contributed by atoms with Gasteiger partial charge in [-0.05, 0) is 42.1 Å². The van der Waals surface area contributed by atoms with Crippen LogP contribution in [0.5, 0.6) is 11.5 Å². The first-order chi connectivity index (χ1) is 17.1. The molecule has 3 aromatic carbocycles. The fourth-order valence-electron chi connectivity index (χ4n) is 3.63. The van der Waals surface area contributed by atoms with E-state index in [0.29, 0.717) is 27.3 Å². The van der Waals surface area contributed by atoms with Crippen LogP contribution in [0.1, 0.15) is 5.56 Å². The highest BCUT2D eigenvalue weighted by Crippen LogP contribution is 2.35. The van der Waals surface area contributed by atoms with Crippen molar-refractivity contribution in [2.75, 3.05) is 14.2 Å². The Morgan fingerprint density at radius 3 is 2.43 bits per heavy atom. The first kappa shape index (κ1) is 22.5. The van der Waals surface area contributed by atoms with E-state index >= 15 is 0 Å². The Labute approximate surface area is 207 Å². The van der Waals surface area contributed by atoms with Crippen molar-refractivity contribution in [1.82, 2.24) is 15.1 Å². The molecule has 0 aliphatic carbocycles. The van der Waals surface area contributed by atoms with E-state index in [2.05, 4.69) is 10.3 Å². The maximum Gasteiger partial charge on any atom is 0.264 e. The second-order valence-electron chi connectivity index (χ2n) is 7.60. The lowest BCUT2D eigenvalue weighted by atomic mass is 10.1. The number of benzene rings is 3. The van der Waals surface area contributed by atoms with E-state index in [0.717, 1.165) is 22.5 Å². The molecule has 1 aliphatic rings. The minimum atomic E-state index is -0.215. The highest BCUT2D eigenvalue weighted by molar-refractivity contribution is 8.18. The highest BCUT2D eigenvalue weighted by atomic mass is 32.2. The van der Waals surface area contributed by atoms with Gasteiger partial charge in [0.1, 0.15) is 17.2 Å². The Morgan fingerprint density at radius 1 is 0.971 bits per heavy atom. The first-order valence-electron chi connectivity index (χ1n) is 10.9. The van der Waals surface area contributed by atoms with Gasteiger partial charge in [0.05, 0.1) is 30.5 Å². The summed E-state index contributed by atoms with van der Waals surface area (Å²) in [5.74, 6) is 1.01. The third kappa shape index (κ3) is 4.83. The summed E-state index contributed by atoms with van der Waals surface area (Å²) < 4.78 is 12.5. The quantitative estimate of drug-likeness (QED) is 0.370. The van der Waals surface area contributed by atoms with Gasteiger partial charge >= 0.3 is 0 Å². The zero-order valence-electron chi connectivity index (χ0n) is 19.1. The number of amides is 1. The summed E-state index contributed by atoms with van der Waals surface area (Å²) in [7, 11) is 3.16. The number of carbonyl (C=O) groups is 1. The molecule has 0 spiro atoms. The summed E-state index contributed by atoms with van der Waals surface area (Å²) in [6.45, 7) is 0. The number of para-hydroxylation sites is 1. The standard InChI is InChI=1S/C27H22N4O3S/c1-33-21-13-14-22(23(16-21)34-2)28-27-29-26(32)24(35-27)15-19-17-31(20-11-7-4-8-12-20)30-25(19)18-9-5-3-6-10-18/h3-17H,1-2H3,(H,28,29,32)/b24-15-. The fourth-order valence-corrected chi connectivity index (χ4v) is 4.46. The van der Waals surface area contributed by atoms with Crippen molar-refractivity contribution in [1.29, 1.82) is 0 Å². The molecule has 2 heterocycles. The van der Waals surface area contributed by atoms with Crippen LogP contribution in [0.3, 0.4) is 0 Å². The molecule has 0 bridgehead atoms. The lowest BCUT2D eigenvalue weighted by Gasteiger charge is -2.07. The van der Waals surface area contributed by atoms with Crippen LogP contribution >= 0.6 is 11.8 Å². The predicted octanol–water partition coefficient (Wildman–Crippen LogP) is 5.45. The number of nitrogens with zero attached hydrogens (tertiary/aromatic N) is 3. The maximum absolute atomic E-state index is 12.8. The molecule has 1 aromatic heterocycles. The van der Waals surface area contributed by atoms with E-state index in [1.165, 1.54) is 11.8 Å². The van der Waals surface area contributed by atoms with Crippen LogP contribution in [0.25, 0.3) is 23.0 Å². The predicted molar refractivity (Wildman–Crippen MR) is 139 cm³/mol. The maximum atomic E-state index is 12.8. The zero-order chi connectivity index (χ0) is 24.2. The number of hydrogen-bond donors (Lipinski definition) is 1. The largest absolute Gasteiger partial charge is 0.497 e. The number of rotatable bonds is 6. The molecule has 1 saturated heterocycles. The number of nitrogens with one attached hydrogen (secondary N) is 1. The number of aromatic nitrogens is 2. The topological polar surface area (TPSA) is 77.7 Å². The van der Waals surface area contributed by atoms with Crippen molar-refractivity contribution in [3.8, 4) is 28.4 Å². The SMILES string of the molecule is COc1ccc(N=C2NC(=O)/C(=C/c3cn(-c4ccccc4)nc3-c3ccccc3)S2)c(OC)c1. The normalized spacial score (nSPS) is 15.4. The second kappa shape index (κ2) is 9.90. The van der Waals surface area contributed by atoms with Gasteiger partial charge in [0.2, 0.25) is 0 Å². The Hall–Kier alpha value is -4.30. The molecule has 174 valence electrons. The molecular formula is C27H22N4O3S. The lowest BCUT2D eigenvalue weighted by Crippen LogP contribution is -2.19. The van der Waals surface area contributed by atoms with E-state index < -0.39 is 0 Å². The third-order valence-electron chi connectivity index (χ3n) is 5.36. The van der Waals surface area contributed by atoms with Crippen molar-refractivity contribution in [3.05, 3.63) is 95.5 Å². The summed E-state index contributed by atoms with van der Waals surface area (Å²) in [6.07, 6.45) is 3.78. The second-order valence-corrected chi connectivity index (χ2v) is 8.63. The first-order valence-corrected chi connectivity index (χ1v) is 11.7. The molecule has 35 heavy (non-hydrogen) atoms. The van der Waals surface area contributed by atoms with Gasteiger partial charge in [0, 0.05) is 23.4 Å². The van der Waals surface area contributed by atoms with Crippen LogP contribution in [0.15, 0.2) is 95.0 Å². The van der Waals surface area contributed by atoms with E-state index in [9.17, 15) is 4.79 Å². The van der Waals surface area contributed by atoms with Gasteiger partial charge in [-0.3, -0.25) is 4.79 Å². The summed E-state index contributed by atoms with van der Waals surface area (Å²) in [6, 6.07) is 25.1. The van der Waals surface area contributed by atoms with Gasteiger partial charge in [-0.15, -0.1) is 0 Å². The van der Waals surface area contributed by atoms with E-state index in [1.807, 2.05) is 77.6 Å². The highest BCUT2D eigenvalue weighted by Gasteiger charge is 2.25. The van der Waals surface area contributed by atoms with Gasteiger partial charge in [-0.2, -0.15) is 5.10 Å². The average molecular weight is 483 g/mol. The van der Waals surface area contributed by atoms with E-state index in [-0.39, 0.29) is 5.91 Å². The van der Waals surface area contributed by atoms with Gasteiger partial charge < -0.3 is 14.8 Å². The van der Waals surface area contributed by atoms with Crippen LogP contribution in [-0.2, 0) is 4.79 Å². The summed E-state index contributed by atoms with van der Waals surface area (Å²) in [5, 5.41) is 8.13. The summed E-state index contributed by atoms with van der Waals surface area (Å²) >= 11 is 1.27. The van der Waals surface area contributed by atoms with Gasteiger partial charge in [-0.25, -0.2) is 9.67 Å². The van der Waals surface area contributed by atoms with Crippen molar-refractivity contribution >= 4 is 34.6 Å². The number of carbonyl (C=O) groups excluding carboxylic acids is 1. The number of ether oxygens (including phenoxy) is 2. The van der Waals surface area contributed by atoms with Crippen molar-refractivity contribution in [2.24, 2.45) is 4.99 Å². The zero-order valence-corrected chi connectivity index (χ0v) is 20.0. The number of thioether (sulfide) groups is 1. The minimum absolute atomic E-state index is 0.215. The van der Waals surface area contributed by atoms with Crippen LogP contribution in [0.2, 0.25) is 0 Å². The molecule has 0 unspecified atom stereocenters. The molecule has 7 nitrogen and oxygen atoms in total. The van der Waals surface area contributed by atoms with Crippen molar-refractivity contribution in [3.63, 3.8) is 0 Å². The number of methoxy groups -OCH3 is 2.